The van der Waals surface area contributed by atoms with Crippen LogP contribution in [0.15, 0.2) is 30.3 Å². The minimum Gasteiger partial charge on any atom is -0.496 e. The molecule has 0 aromatic heterocycles. The predicted molar refractivity (Wildman–Crippen MR) is 141 cm³/mol. The number of amides is 1. The summed E-state index contributed by atoms with van der Waals surface area (Å²) in [7, 11) is -0.159. The van der Waals surface area contributed by atoms with Crippen LogP contribution in [0.4, 0.5) is 0 Å². The topological polar surface area (TPSA) is 96.4 Å². The average Bonchev–Trinajstić information content (AvgIpc) is 2.80. The molecule has 0 unspecified atom stereocenters. The quantitative estimate of drug-likeness (QED) is 0.501. The first-order chi connectivity index (χ1) is 16.8. The summed E-state index contributed by atoms with van der Waals surface area (Å²) in [6.07, 6.45) is 1.58. The van der Waals surface area contributed by atoms with Gasteiger partial charge in [-0.1, -0.05) is 37.0 Å². The average molecular weight is 560 g/mol. The van der Waals surface area contributed by atoms with Crippen LogP contribution < -0.4 is 9.47 Å². The number of nitrogens with zero attached hydrogens (tertiary/aromatic N) is 2. The molecule has 8 nitrogen and oxygen atoms in total. The van der Waals surface area contributed by atoms with Crippen LogP contribution in [0.3, 0.4) is 0 Å². The highest BCUT2D eigenvalue weighted by Gasteiger charge is 2.37. The Balaban J connectivity index is 1.80. The first kappa shape index (κ1) is 28.5. The third-order valence-corrected chi connectivity index (χ3v) is 8.30. The molecule has 1 fully saturated rings. The lowest BCUT2D eigenvalue weighted by Crippen LogP contribution is -2.52. The number of hydrogen-bond donors (Lipinski definition) is 1. The molecule has 198 valence electrons. The second-order valence-corrected chi connectivity index (χ2v) is 12.2. The van der Waals surface area contributed by atoms with E-state index in [1.54, 1.807) is 26.3 Å². The van der Waals surface area contributed by atoms with E-state index in [1.165, 1.54) is 21.3 Å². The molecule has 11 heteroatoms. The number of benzene rings is 2. The lowest BCUT2D eigenvalue weighted by Gasteiger charge is -2.39. The zero-order valence-electron chi connectivity index (χ0n) is 21.0. The highest BCUT2D eigenvalue weighted by atomic mass is 35.5. The maximum absolute atomic E-state index is 13.3. The predicted octanol–water partition coefficient (Wildman–Crippen LogP) is 4.78. The van der Waals surface area contributed by atoms with E-state index >= 15 is 0 Å². The van der Waals surface area contributed by atoms with Crippen molar-refractivity contribution in [3.05, 3.63) is 51.5 Å². The van der Waals surface area contributed by atoms with Crippen molar-refractivity contribution < 1.29 is 27.8 Å². The summed E-state index contributed by atoms with van der Waals surface area (Å²) in [6.45, 7) is 4.48. The standard InChI is InChI=1S/C25H32Cl2N2O6S/c1-16(2)19-14-17(6-9-21(19)34-4)35-23-20(26)8-7-18(22(23)27)24(30)28(3)15-25(31)10-12-29(13-11-25)36(5,32)33/h6-9,14,16,31H,10-13,15H2,1-5H3. The van der Waals surface area contributed by atoms with Crippen molar-refractivity contribution in [3.8, 4) is 17.2 Å². The second kappa shape index (κ2) is 11.1. The number of methoxy groups -OCH3 is 1. The Hall–Kier alpha value is -2.04. The summed E-state index contributed by atoms with van der Waals surface area (Å²) in [4.78, 5) is 14.6. The Bertz CT molecular complexity index is 1230. The molecule has 0 radical (unpaired) electrons. The molecule has 0 bridgehead atoms. The molecule has 0 saturated carbocycles. The molecule has 1 heterocycles. The van der Waals surface area contributed by atoms with Crippen LogP contribution in [0.2, 0.25) is 10.0 Å². The van der Waals surface area contributed by atoms with E-state index in [0.717, 1.165) is 17.6 Å². The minimum absolute atomic E-state index is 0.0226. The summed E-state index contributed by atoms with van der Waals surface area (Å²) in [5.74, 6) is 1.15. The zero-order valence-corrected chi connectivity index (χ0v) is 23.4. The molecule has 0 spiro atoms. The first-order valence-electron chi connectivity index (χ1n) is 11.5. The van der Waals surface area contributed by atoms with Gasteiger partial charge in [-0.05, 0) is 49.1 Å². The Morgan fingerprint density at radius 3 is 2.39 bits per heavy atom. The van der Waals surface area contributed by atoms with Gasteiger partial charge in [0.15, 0.2) is 5.75 Å². The van der Waals surface area contributed by atoms with Crippen LogP contribution in [0.1, 0.15) is 48.5 Å². The van der Waals surface area contributed by atoms with Crippen LogP contribution in [-0.4, -0.2) is 74.3 Å². The van der Waals surface area contributed by atoms with Crippen molar-refractivity contribution in [2.45, 2.75) is 38.2 Å². The largest absolute Gasteiger partial charge is 0.496 e. The van der Waals surface area contributed by atoms with Gasteiger partial charge in [0.05, 0.1) is 34.6 Å². The maximum Gasteiger partial charge on any atom is 0.255 e. The molecule has 0 aliphatic carbocycles. The van der Waals surface area contributed by atoms with E-state index < -0.39 is 21.5 Å². The number of sulfonamides is 1. The number of rotatable bonds is 8. The molecule has 1 aliphatic heterocycles. The van der Waals surface area contributed by atoms with Gasteiger partial charge in [-0.3, -0.25) is 4.79 Å². The molecular weight excluding hydrogens is 527 g/mol. The van der Waals surface area contributed by atoms with E-state index in [-0.39, 0.29) is 59.8 Å². The van der Waals surface area contributed by atoms with E-state index in [1.807, 2.05) is 19.9 Å². The molecule has 1 aliphatic rings. The lowest BCUT2D eigenvalue weighted by molar-refractivity contribution is -0.0244. The smallest absolute Gasteiger partial charge is 0.255 e. The molecule has 3 rings (SSSR count). The first-order valence-corrected chi connectivity index (χ1v) is 14.1. The second-order valence-electron chi connectivity index (χ2n) is 9.45. The van der Waals surface area contributed by atoms with E-state index in [2.05, 4.69) is 0 Å². The van der Waals surface area contributed by atoms with Crippen LogP contribution in [0, 0.1) is 0 Å². The normalized spacial score (nSPS) is 16.1. The van der Waals surface area contributed by atoms with Gasteiger partial charge in [0, 0.05) is 32.2 Å². The van der Waals surface area contributed by atoms with E-state index in [0.29, 0.717) is 5.75 Å². The number of ether oxygens (including phenoxy) is 2. The number of halogens is 2. The molecule has 2 aromatic rings. The molecule has 0 atom stereocenters. The summed E-state index contributed by atoms with van der Waals surface area (Å²) in [5, 5.41) is 11.3. The van der Waals surface area contributed by atoms with Crippen molar-refractivity contribution >= 4 is 39.1 Å². The Kier molecular flexibility index (Phi) is 8.83. The number of hydrogen-bond acceptors (Lipinski definition) is 6. The molecule has 36 heavy (non-hydrogen) atoms. The number of carbonyl (C=O) groups is 1. The summed E-state index contributed by atoms with van der Waals surface area (Å²) < 4.78 is 36.3. The SMILES string of the molecule is COc1ccc(Oc2c(Cl)ccc(C(=O)N(C)CC3(O)CCN(S(C)(=O)=O)CC3)c2Cl)cc1C(C)C. The van der Waals surface area contributed by atoms with Crippen LogP contribution in [0.5, 0.6) is 17.2 Å². The van der Waals surface area contributed by atoms with Crippen LogP contribution in [-0.2, 0) is 10.0 Å². The van der Waals surface area contributed by atoms with Gasteiger partial charge < -0.3 is 19.5 Å². The highest BCUT2D eigenvalue weighted by Crippen LogP contribution is 2.40. The summed E-state index contributed by atoms with van der Waals surface area (Å²) >= 11 is 13.0. The highest BCUT2D eigenvalue weighted by molar-refractivity contribution is 7.88. The third-order valence-electron chi connectivity index (χ3n) is 6.32. The minimum atomic E-state index is -3.32. The van der Waals surface area contributed by atoms with Gasteiger partial charge in [0.1, 0.15) is 11.5 Å². The molecule has 1 amide bonds. The van der Waals surface area contributed by atoms with Crippen LogP contribution >= 0.6 is 23.2 Å². The van der Waals surface area contributed by atoms with Crippen molar-refractivity contribution in [2.24, 2.45) is 0 Å². The number of piperidine rings is 1. The van der Waals surface area contributed by atoms with E-state index in [4.69, 9.17) is 32.7 Å². The Morgan fingerprint density at radius 2 is 1.83 bits per heavy atom. The third kappa shape index (κ3) is 6.44. The fraction of sp³-hybridized carbons (Fsp3) is 0.480. The summed E-state index contributed by atoms with van der Waals surface area (Å²) in [6, 6.07) is 8.42. The molecule has 2 aromatic carbocycles. The zero-order chi connectivity index (χ0) is 26.8. The van der Waals surface area contributed by atoms with Gasteiger partial charge in [-0.2, -0.15) is 0 Å². The van der Waals surface area contributed by atoms with Crippen molar-refractivity contribution in [2.75, 3.05) is 40.0 Å². The molecule has 1 N–H and O–H groups in total. The molecular formula is C25H32Cl2N2O6S. The van der Waals surface area contributed by atoms with Gasteiger partial charge in [0.25, 0.3) is 5.91 Å². The van der Waals surface area contributed by atoms with Gasteiger partial charge in [-0.15, -0.1) is 0 Å². The monoisotopic (exact) mass is 558 g/mol. The Morgan fingerprint density at radius 1 is 1.19 bits per heavy atom. The lowest BCUT2D eigenvalue weighted by atomic mass is 9.92. The van der Waals surface area contributed by atoms with Crippen molar-refractivity contribution in [3.63, 3.8) is 0 Å². The van der Waals surface area contributed by atoms with Crippen molar-refractivity contribution in [1.29, 1.82) is 0 Å². The van der Waals surface area contributed by atoms with Gasteiger partial charge >= 0.3 is 0 Å². The number of aliphatic hydroxyl groups is 1. The molecule has 1 saturated heterocycles. The van der Waals surface area contributed by atoms with Gasteiger partial charge in [-0.25, -0.2) is 12.7 Å². The van der Waals surface area contributed by atoms with Crippen molar-refractivity contribution in [1.82, 2.24) is 9.21 Å². The number of likely N-dealkylation sites (N-methyl/N-ethyl adjacent to an activating group) is 1. The maximum atomic E-state index is 13.3. The van der Waals surface area contributed by atoms with Crippen LogP contribution in [0.25, 0.3) is 0 Å². The Labute approximate surface area is 222 Å². The summed E-state index contributed by atoms with van der Waals surface area (Å²) in [5.41, 5.74) is -0.0853. The van der Waals surface area contributed by atoms with Gasteiger partial charge in [0.2, 0.25) is 10.0 Å². The van der Waals surface area contributed by atoms with E-state index in [9.17, 15) is 18.3 Å². The fourth-order valence-corrected chi connectivity index (χ4v) is 5.62. The fourth-order valence-electron chi connectivity index (χ4n) is 4.25. The number of carbonyl (C=O) groups excluding carboxylic acids is 1.